The van der Waals surface area contributed by atoms with Crippen LogP contribution in [0.15, 0.2) is 77.6 Å². The summed E-state index contributed by atoms with van der Waals surface area (Å²) in [6.45, 7) is 2.03. The number of para-hydroxylation sites is 2. The minimum absolute atomic E-state index is 0.142. The van der Waals surface area contributed by atoms with Crippen molar-refractivity contribution in [2.45, 2.75) is 19.8 Å². The van der Waals surface area contributed by atoms with Gasteiger partial charge in [0.2, 0.25) is 5.95 Å². The van der Waals surface area contributed by atoms with Crippen molar-refractivity contribution in [1.82, 2.24) is 19.7 Å². The van der Waals surface area contributed by atoms with Crippen LogP contribution in [0.4, 0.5) is 4.39 Å². The Morgan fingerprint density at radius 2 is 1.68 bits per heavy atom. The molecule has 0 amide bonds. The van der Waals surface area contributed by atoms with E-state index in [0.717, 1.165) is 33.4 Å². The second kappa shape index (κ2) is 7.72. The average molecular weight is 412 g/mol. The highest BCUT2D eigenvalue weighted by Crippen LogP contribution is 2.23. The first-order valence-electron chi connectivity index (χ1n) is 10.2. The third-order valence-electron chi connectivity index (χ3n) is 5.49. The molecule has 0 aliphatic heterocycles. The largest absolute Gasteiger partial charge is 0.322 e. The number of aromatic amines is 2. The van der Waals surface area contributed by atoms with Gasteiger partial charge in [-0.25, -0.2) is 9.37 Å². The Morgan fingerprint density at radius 3 is 2.42 bits per heavy atom. The summed E-state index contributed by atoms with van der Waals surface area (Å²) in [4.78, 5) is 21.2. The van der Waals surface area contributed by atoms with E-state index in [9.17, 15) is 9.18 Å². The summed E-state index contributed by atoms with van der Waals surface area (Å²) in [5.41, 5.74) is 6.03. The molecule has 0 saturated heterocycles. The number of fused-ring (bicyclic) bond motifs is 1. The quantitative estimate of drug-likeness (QED) is 0.429. The Labute approximate surface area is 178 Å². The van der Waals surface area contributed by atoms with Gasteiger partial charge in [0.15, 0.2) is 0 Å². The van der Waals surface area contributed by atoms with E-state index in [1.807, 2.05) is 55.5 Å². The van der Waals surface area contributed by atoms with Gasteiger partial charge in [-0.05, 0) is 55.2 Å². The summed E-state index contributed by atoms with van der Waals surface area (Å²) < 4.78 is 14.7. The number of benzene rings is 3. The molecule has 0 radical (unpaired) electrons. The fourth-order valence-corrected chi connectivity index (χ4v) is 3.78. The highest BCUT2D eigenvalue weighted by atomic mass is 19.1. The first-order chi connectivity index (χ1) is 15.1. The van der Waals surface area contributed by atoms with Crippen molar-refractivity contribution < 1.29 is 4.39 Å². The fraction of sp³-hybridized carbons (Fsp3) is 0.120. The maximum Gasteiger partial charge on any atom is 0.277 e. The fourth-order valence-electron chi connectivity index (χ4n) is 3.78. The van der Waals surface area contributed by atoms with Gasteiger partial charge in [0.25, 0.3) is 5.56 Å². The van der Waals surface area contributed by atoms with Crippen LogP contribution in [0.25, 0.3) is 28.2 Å². The zero-order chi connectivity index (χ0) is 21.4. The lowest BCUT2D eigenvalue weighted by molar-refractivity contribution is 0.627. The monoisotopic (exact) mass is 412 g/mol. The molecule has 0 atom stereocenters. The second-order valence-electron chi connectivity index (χ2n) is 7.68. The molecule has 0 spiro atoms. The van der Waals surface area contributed by atoms with Crippen LogP contribution in [0.5, 0.6) is 0 Å². The number of hydrogen-bond donors (Lipinski definition) is 2. The lowest BCUT2D eigenvalue weighted by Crippen LogP contribution is -2.18. The number of hydrogen-bond acceptors (Lipinski definition) is 2. The smallest absolute Gasteiger partial charge is 0.277 e. The standard InChI is InChI=1S/C25H21FN4O/c1-16-6-11-18(12-7-16)23-20(15-10-17-8-13-19(26)14-9-17)24(31)30(29-23)25-27-21-4-2-3-5-22(21)28-25/h2-9,11-14,29H,10,15H2,1H3,(H,27,28). The zero-order valence-electron chi connectivity index (χ0n) is 17.0. The first-order valence-corrected chi connectivity index (χ1v) is 10.2. The van der Waals surface area contributed by atoms with Crippen LogP contribution in [-0.4, -0.2) is 19.7 Å². The number of aryl methyl sites for hydroxylation is 2. The van der Waals surface area contributed by atoms with Gasteiger partial charge in [0.1, 0.15) is 5.82 Å². The number of nitrogens with zero attached hydrogens (tertiary/aromatic N) is 2. The molecule has 31 heavy (non-hydrogen) atoms. The van der Waals surface area contributed by atoms with Crippen LogP contribution in [-0.2, 0) is 12.8 Å². The molecule has 0 bridgehead atoms. The summed E-state index contributed by atoms with van der Waals surface area (Å²) >= 11 is 0. The molecule has 5 aromatic rings. The van der Waals surface area contributed by atoms with Gasteiger partial charge >= 0.3 is 0 Å². The summed E-state index contributed by atoms with van der Waals surface area (Å²) in [5.74, 6) is 0.186. The van der Waals surface area contributed by atoms with Gasteiger partial charge in [0.05, 0.1) is 16.7 Å². The van der Waals surface area contributed by atoms with Crippen LogP contribution in [0.2, 0.25) is 0 Å². The van der Waals surface area contributed by atoms with E-state index < -0.39 is 0 Å². The summed E-state index contributed by atoms with van der Waals surface area (Å²) in [7, 11) is 0. The number of aromatic nitrogens is 4. The van der Waals surface area contributed by atoms with E-state index in [1.54, 1.807) is 12.1 Å². The van der Waals surface area contributed by atoms with Crippen LogP contribution in [0.1, 0.15) is 16.7 Å². The van der Waals surface area contributed by atoms with E-state index in [1.165, 1.54) is 16.8 Å². The van der Waals surface area contributed by atoms with Crippen molar-refractivity contribution in [1.29, 1.82) is 0 Å². The van der Waals surface area contributed by atoms with Crippen LogP contribution < -0.4 is 5.56 Å². The maximum absolute atomic E-state index is 13.4. The van der Waals surface area contributed by atoms with Crippen LogP contribution in [0, 0.1) is 12.7 Å². The Hall–Kier alpha value is -3.93. The van der Waals surface area contributed by atoms with E-state index in [0.29, 0.717) is 24.4 Å². The van der Waals surface area contributed by atoms with E-state index in [4.69, 9.17) is 0 Å². The Morgan fingerprint density at radius 1 is 0.935 bits per heavy atom. The number of H-pyrrole nitrogens is 2. The third-order valence-corrected chi connectivity index (χ3v) is 5.49. The van der Waals surface area contributed by atoms with Gasteiger partial charge in [-0.2, -0.15) is 4.68 Å². The van der Waals surface area contributed by atoms with Gasteiger partial charge in [-0.3, -0.25) is 9.89 Å². The zero-order valence-corrected chi connectivity index (χ0v) is 17.0. The van der Waals surface area contributed by atoms with Gasteiger partial charge in [-0.15, -0.1) is 0 Å². The van der Waals surface area contributed by atoms with E-state index in [-0.39, 0.29) is 11.4 Å². The molecule has 6 heteroatoms. The van der Waals surface area contributed by atoms with Crippen molar-refractivity contribution in [3.05, 3.63) is 106 Å². The lowest BCUT2D eigenvalue weighted by atomic mass is 10.0. The molecular formula is C25H21FN4O. The molecule has 0 saturated carbocycles. The molecule has 154 valence electrons. The minimum Gasteiger partial charge on any atom is -0.322 e. The third kappa shape index (κ3) is 3.68. The van der Waals surface area contributed by atoms with Gasteiger partial charge < -0.3 is 4.98 Å². The van der Waals surface area contributed by atoms with Crippen molar-refractivity contribution >= 4 is 11.0 Å². The molecule has 0 aliphatic rings. The topological polar surface area (TPSA) is 66.5 Å². The maximum atomic E-state index is 13.4. The average Bonchev–Trinajstić information content (AvgIpc) is 3.35. The Balaban J connectivity index is 1.59. The number of rotatable bonds is 5. The molecule has 2 heterocycles. The molecule has 5 rings (SSSR count). The molecule has 0 unspecified atom stereocenters. The molecule has 0 aliphatic carbocycles. The van der Waals surface area contributed by atoms with Crippen molar-refractivity contribution in [2.75, 3.05) is 0 Å². The first kappa shape index (κ1) is 19.1. The van der Waals surface area contributed by atoms with Crippen molar-refractivity contribution in [3.63, 3.8) is 0 Å². The predicted molar refractivity (Wildman–Crippen MR) is 120 cm³/mol. The predicted octanol–water partition coefficient (Wildman–Crippen LogP) is 4.94. The van der Waals surface area contributed by atoms with Crippen molar-refractivity contribution in [2.24, 2.45) is 0 Å². The lowest BCUT2D eigenvalue weighted by Gasteiger charge is -2.04. The molecule has 5 nitrogen and oxygen atoms in total. The number of halogens is 1. The van der Waals surface area contributed by atoms with Crippen molar-refractivity contribution in [3.8, 4) is 17.2 Å². The highest BCUT2D eigenvalue weighted by Gasteiger charge is 2.18. The van der Waals surface area contributed by atoms with E-state index >= 15 is 0 Å². The second-order valence-corrected chi connectivity index (χ2v) is 7.68. The number of nitrogens with one attached hydrogen (secondary N) is 2. The molecular weight excluding hydrogens is 391 g/mol. The molecule has 3 aromatic carbocycles. The Kier molecular flexibility index (Phi) is 4.75. The molecule has 2 N–H and O–H groups in total. The summed E-state index contributed by atoms with van der Waals surface area (Å²) in [6, 6.07) is 22.1. The Bertz CT molecular complexity index is 1380. The number of imidazole rings is 1. The SMILES string of the molecule is Cc1ccc(-c2[nH]n(-c3nc4ccccc4[nH]3)c(=O)c2CCc2ccc(F)cc2)cc1. The van der Waals surface area contributed by atoms with Gasteiger partial charge in [0, 0.05) is 5.56 Å². The molecule has 0 fully saturated rings. The summed E-state index contributed by atoms with van der Waals surface area (Å²) in [6.07, 6.45) is 1.16. The molecule has 2 aromatic heterocycles. The minimum atomic E-state index is -0.266. The summed E-state index contributed by atoms with van der Waals surface area (Å²) in [5, 5.41) is 3.26. The van der Waals surface area contributed by atoms with E-state index in [2.05, 4.69) is 15.1 Å². The van der Waals surface area contributed by atoms with Crippen LogP contribution in [0.3, 0.4) is 0 Å². The van der Waals surface area contributed by atoms with Crippen LogP contribution >= 0.6 is 0 Å². The van der Waals surface area contributed by atoms with Gasteiger partial charge in [-0.1, -0.05) is 54.1 Å². The highest BCUT2D eigenvalue weighted by molar-refractivity contribution is 5.76. The normalized spacial score (nSPS) is 11.3.